The zero-order valence-electron chi connectivity index (χ0n) is 12.2. The number of benzene rings is 2. The minimum Gasteiger partial charge on any atom is -0.368 e. The molecule has 0 bridgehead atoms. The lowest BCUT2D eigenvalue weighted by Gasteiger charge is -2.13. The molecule has 0 aliphatic heterocycles. The number of hydrogen-bond donors (Lipinski definition) is 1. The fraction of sp³-hybridized carbons (Fsp3) is 0.222. The Balaban J connectivity index is 1.89. The molecular formula is C18H18N2OS. The van der Waals surface area contributed by atoms with Gasteiger partial charge in [0.05, 0.1) is 11.6 Å². The summed E-state index contributed by atoms with van der Waals surface area (Å²) in [7, 11) is 0. The minimum atomic E-state index is -0.358. The SMILES string of the molecule is N#Cc1ccc([C@@H](SCCCc2ccccc2)C(N)=O)cc1. The summed E-state index contributed by atoms with van der Waals surface area (Å²) >= 11 is 1.56. The number of primary amides is 1. The number of carbonyl (C=O) groups is 1. The zero-order valence-corrected chi connectivity index (χ0v) is 13.1. The highest BCUT2D eigenvalue weighted by atomic mass is 32.2. The monoisotopic (exact) mass is 310 g/mol. The van der Waals surface area contributed by atoms with Gasteiger partial charge in [0.1, 0.15) is 5.25 Å². The van der Waals surface area contributed by atoms with E-state index in [1.54, 1.807) is 36.0 Å². The van der Waals surface area contributed by atoms with E-state index in [9.17, 15) is 4.79 Å². The summed E-state index contributed by atoms with van der Waals surface area (Å²) < 4.78 is 0. The van der Waals surface area contributed by atoms with Crippen LogP contribution in [0.5, 0.6) is 0 Å². The predicted molar refractivity (Wildman–Crippen MR) is 90.3 cm³/mol. The highest BCUT2D eigenvalue weighted by Crippen LogP contribution is 2.29. The van der Waals surface area contributed by atoms with Crippen LogP contribution in [0.1, 0.15) is 28.4 Å². The third-order valence-corrected chi connectivity index (χ3v) is 4.70. The van der Waals surface area contributed by atoms with Crippen LogP contribution in [0.15, 0.2) is 54.6 Å². The van der Waals surface area contributed by atoms with Gasteiger partial charge in [-0.25, -0.2) is 0 Å². The van der Waals surface area contributed by atoms with Crippen LogP contribution in [0.25, 0.3) is 0 Å². The second-order valence-electron chi connectivity index (χ2n) is 4.98. The molecule has 0 aliphatic rings. The van der Waals surface area contributed by atoms with Crippen molar-refractivity contribution in [2.24, 2.45) is 5.73 Å². The molecule has 2 rings (SSSR count). The summed E-state index contributed by atoms with van der Waals surface area (Å²) in [6.45, 7) is 0. The number of aryl methyl sites for hydroxylation is 1. The fourth-order valence-electron chi connectivity index (χ4n) is 2.20. The molecular weight excluding hydrogens is 292 g/mol. The maximum absolute atomic E-state index is 11.7. The van der Waals surface area contributed by atoms with Gasteiger partial charge in [-0.2, -0.15) is 5.26 Å². The third kappa shape index (κ3) is 4.64. The highest BCUT2D eigenvalue weighted by molar-refractivity contribution is 8.00. The molecule has 1 amide bonds. The number of hydrogen-bond acceptors (Lipinski definition) is 3. The van der Waals surface area contributed by atoms with Gasteiger partial charge >= 0.3 is 0 Å². The molecule has 2 N–H and O–H groups in total. The first-order valence-corrected chi connectivity index (χ1v) is 8.20. The van der Waals surface area contributed by atoms with Gasteiger partial charge in [-0.15, -0.1) is 11.8 Å². The first kappa shape index (κ1) is 16.1. The molecule has 4 heteroatoms. The summed E-state index contributed by atoms with van der Waals surface area (Å²) in [6, 6.07) is 19.4. The van der Waals surface area contributed by atoms with Gasteiger partial charge in [0.15, 0.2) is 0 Å². The Hall–Kier alpha value is -2.25. The lowest BCUT2D eigenvalue weighted by Crippen LogP contribution is -2.19. The molecule has 0 heterocycles. The van der Waals surface area contributed by atoms with Crippen LogP contribution in [0.2, 0.25) is 0 Å². The standard InChI is InChI=1S/C18H18N2OS/c19-13-15-8-10-16(11-9-15)17(18(20)21)22-12-4-7-14-5-2-1-3-6-14/h1-3,5-6,8-11,17H,4,7,12H2,(H2,20,21)/t17-/m1/s1. The number of amides is 1. The Labute approximate surface area is 135 Å². The molecule has 0 saturated carbocycles. The molecule has 0 saturated heterocycles. The topological polar surface area (TPSA) is 66.9 Å². The van der Waals surface area contributed by atoms with E-state index in [-0.39, 0.29) is 11.2 Å². The molecule has 112 valence electrons. The Morgan fingerprint density at radius 2 is 1.82 bits per heavy atom. The first-order chi connectivity index (χ1) is 10.7. The van der Waals surface area contributed by atoms with Gasteiger partial charge in [0.25, 0.3) is 0 Å². The molecule has 0 unspecified atom stereocenters. The van der Waals surface area contributed by atoms with E-state index in [2.05, 4.69) is 18.2 Å². The van der Waals surface area contributed by atoms with E-state index in [1.807, 2.05) is 18.2 Å². The van der Waals surface area contributed by atoms with Crippen LogP contribution < -0.4 is 5.73 Å². The second kappa shape index (κ2) is 8.26. The van der Waals surface area contributed by atoms with E-state index < -0.39 is 0 Å². The smallest absolute Gasteiger partial charge is 0.235 e. The molecule has 2 aromatic carbocycles. The van der Waals surface area contributed by atoms with Crippen LogP contribution >= 0.6 is 11.8 Å². The van der Waals surface area contributed by atoms with Crippen molar-refractivity contribution in [3.63, 3.8) is 0 Å². The average molecular weight is 310 g/mol. The molecule has 0 spiro atoms. The van der Waals surface area contributed by atoms with Gasteiger partial charge in [0.2, 0.25) is 5.91 Å². The summed E-state index contributed by atoms with van der Waals surface area (Å²) in [4.78, 5) is 11.7. The van der Waals surface area contributed by atoms with Crippen LogP contribution in [0, 0.1) is 11.3 Å². The molecule has 0 aromatic heterocycles. The normalized spacial score (nSPS) is 11.6. The van der Waals surface area contributed by atoms with Crippen LogP contribution in [-0.2, 0) is 11.2 Å². The Kier molecular flexibility index (Phi) is 6.05. The minimum absolute atomic E-state index is 0.339. The zero-order chi connectivity index (χ0) is 15.8. The van der Waals surface area contributed by atoms with Crippen molar-refractivity contribution in [3.8, 4) is 6.07 Å². The molecule has 2 aromatic rings. The number of nitrogens with zero attached hydrogens (tertiary/aromatic N) is 1. The number of nitriles is 1. The fourth-order valence-corrected chi connectivity index (χ4v) is 3.26. The van der Waals surface area contributed by atoms with Gasteiger partial charge in [-0.3, -0.25) is 4.79 Å². The van der Waals surface area contributed by atoms with Crippen molar-refractivity contribution in [3.05, 3.63) is 71.3 Å². The largest absolute Gasteiger partial charge is 0.368 e. The van der Waals surface area contributed by atoms with Gasteiger partial charge in [0, 0.05) is 0 Å². The summed E-state index contributed by atoms with van der Waals surface area (Å²) in [6.07, 6.45) is 1.99. The summed E-state index contributed by atoms with van der Waals surface area (Å²) in [5.41, 5.74) is 8.25. The van der Waals surface area contributed by atoms with Gasteiger partial charge in [-0.1, -0.05) is 42.5 Å². The maximum Gasteiger partial charge on any atom is 0.235 e. The third-order valence-electron chi connectivity index (χ3n) is 3.34. The first-order valence-electron chi connectivity index (χ1n) is 7.15. The van der Waals surface area contributed by atoms with Crippen molar-refractivity contribution >= 4 is 17.7 Å². The van der Waals surface area contributed by atoms with Crippen LogP contribution in [0.3, 0.4) is 0 Å². The van der Waals surface area contributed by atoms with Crippen molar-refractivity contribution in [1.82, 2.24) is 0 Å². The van der Waals surface area contributed by atoms with Crippen molar-refractivity contribution < 1.29 is 4.79 Å². The summed E-state index contributed by atoms with van der Waals surface area (Å²) in [5.74, 6) is 0.525. The lowest BCUT2D eigenvalue weighted by atomic mass is 10.1. The average Bonchev–Trinajstić information content (AvgIpc) is 2.56. The highest BCUT2D eigenvalue weighted by Gasteiger charge is 2.17. The molecule has 22 heavy (non-hydrogen) atoms. The van der Waals surface area contributed by atoms with Crippen LogP contribution in [0.4, 0.5) is 0 Å². The van der Waals surface area contributed by atoms with Crippen molar-refractivity contribution in [2.75, 3.05) is 5.75 Å². The van der Waals surface area contributed by atoms with E-state index in [4.69, 9.17) is 11.0 Å². The van der Waals surface area contributed by atoms with E-state index in [0.29, 0.717) is 5.56 Å². The second-order valence-corrected chi connectivity index (χ2v) is 6.19. The van der Waals surface area contributed by atoms with Crippen LogP contribution in [-0.4, -0.2) is 11.7 Å². The maximum atomic E-state index is 11.7. The predicted octanol–water partition coefficient (Wildman–Crippen LogP) is 3.45. The van der Waals surface area contributed by atoms with E-state index >= 15 is 0 Å². The number of nitrogens with two attached hydrogens (primary N) is 1. The Morgan fingerprint density at radius 1 is 1.14 bits per heavy atom. The molecule has 0 fully saturated rings. The van der Waals surface area contributed by atoms with Gasteiger partial charge < -0.3 is 5.73 Å². The molecule has 3 nitrogen and oxygen atoms in total. The van der Waals surface area contributed by atoms with Gasteiger partial charge in [-0.05, 0) is 41.9 Å². The summed E-state index contributed by atoms with van der Waals surface area (Å²) in [5, 5.41) is 8.45. The quantitative estimate of drug-likeness (QED) is 0.796. The van der Waals surface area contributed by atoms with E-state index in [0.717, 1.165) is 24.2 Å². The number of carbonyl (C=O) groups excluding carboxylic acids is 1. The number of thioether (sulfide) groups is 1. The molecule has 0 radical (unpaired) electrons. The van der Waals surface area contributed by atoms with Crippen molar-refractivity contribution in [1.29, 1.82) is 5.26 Å². The molecule has 0 aliphatic carbocycles. The number of rotatable bonds is 7. The van der Waals surface area contributed by atoms with E-state index in [1.165, 1.54) is 5.56 Å². The Bertz CT molecular complexity index is 647. The Morgan fingerprint density at radius 3 is 2.41 bits per heavy atom. The van der Waals surface area contributed by atoms with Crippen molar-refractivity contribution in [2.45, 2.75) is 18.1 Å². The lowest BCUT2D eigenvalue weighted by molar-refractivity contribution is -0.117. The molecule has 1 atom stereocenters.